The number of carbonyl (C=O) groups is 2. The average Bonchev–Trinajstić information content (AvgIpc) is 2.31. The van der Waals surface area contributed by atoms with Crippen LogP contribution in [0.3, 0.4) is 0 Å². The molecule has 1 aliphatic heterocycles. The number of carbonyl (C=O) groups excluding carboxylic acids is 2. The quantitative estimate of drug-likeness (QED) is 0.591. The molecule has 1 rings (SSSR count). The van der Waals surface area contributed by atoms with Crippen molar-refractivity contribution in [2.24, 2.45) is 0 Å². The molecular weight excluding hydrogens is 278 g/mol. The zero-order valence-electron chi connectivity index (χ0n) is 9.73. The molecule has 0 aromatic carbocycles. The van der Waals surface area contributed by atoms with Gasteiger partial charge in [0.2, 0.25) is 0 Å². The molecule has 0 aliphatic carbocycles. The van der Waals surface area contributed by atoms with Crippen LogP contribution >= 0.6 is 35.1 Å². The van der Waals surface area contributed by atoms with Crippen LogP contribution in [0.2, 0.25) is 0 Å². The molecule has 3 nitrogen and oxygen atoms in total. The zero-order valence-corrected chi connectivity index (χ0v) is 12.1. The Balaban J connectivity index is 3.13. The first-order chi connectivity index (χ1) is 8.07. The Labute approximate surface area is 115 Å². The van der Waals surface area contributed by atoms with Gasteiger partial charge in [0.1, 0.15) is 6.29 Å². The molecule has 0 saturated carbocycles. The molecule has 0 atom stereocenters. The number of halogens is 1. The van der Waals surface area contributed by atoms with E-state index < -0.39 is 0 Å². The molecule has 0 spiro atoms. The molecule has 0 unspecified atom stereocenters. The molecule has 6 heteroatoms. The Bertz CT molecular complexity index is 370. The van der Waals surface area contributed by atoms with Crippen molar-refractivity contribution < 1.29 is 9.59 Å². The number of nitrogens with zero attached hydrogens (tertiary/aromatic N) is 1. The van der Waals surface area contributed by atoms with Gasteiger partial charge in [-0.3, -0.25) is 9.59 Å². The number of allylic oxidation sites excluding steroid dienone is 1. The van der Waals surface area contributed by atoms with Gasteiger partial charge in [0, 0.05) is 14.1 Å². The maximum Gasteiger partial charge on any atom is 0.256 e. The van der Waals surface area contributed by atoms with Crippen LogP contribution < -0.4 is 0 Å². The lowest BCUT2D eigenvalue weighted by atomic mass is 10.2. The van der Waals surface area contributed by atoms with Gasteiger partial charge in [0.15, 0.2) is 0 Å². The summed E-state index contributed by atoms with van der Waals surface area (Å²) in [6.07, 6.45) is 2.95. The summed E-state index contributed by atoms with van der Waals surface area (Å²) in [6.45, 7) is 0. The number of aldehydes is 1. The van der Waals surface area contributed by atoms with Crippen LogP contribution in [0, 0.1) is 0 Å². The predicted octanol–water partition coefficient (Wildman–Crippen LogP) is 2.48. The SMILES string of the molecule is CN(C)C(=O)C(=C1SCCCS1)/C(Cl)=C\C=O. The summed E-state index contributed by atoms with van der Waals surface area (Å²) in [5.41, 5.74) is 0.443. The van der Waals surface area contributed by atoms with E-state index in [9.17, 15) is 9.59 Å². The standard InChI is InChI=1S/C11H14ClNO2S2/c1-13(2)10(15)9(8(12)4-5-14)11-16-6-3-7-17-11/h4-5H,3,6-7H2,1-2H3/b8-4+. The third-order valence-electron chi connectivity index (χ3n) is 2.03. The molecule has 1 heterocycles. The fourth-order valence-electron chi connectivity index (χ4n) is 1.23. The Morgan fingerprint density at radius 2 is 1.94 bits per heavy atom. The molecule has 0 bridgehead atoms. The molecule has 1 amide bonds. The van der Waals surface area contributed by atoms with E-state index in [4.69, 9.17) is 11.6 Å². The van der Waals surface area contributed by atoms with E-state index in [-0.39, 0.29) is 10.9 Å². The van der Waals surface area contributed by atoms with E-state index in [1.165, 1.54) is 11.0 Å². The van der Waals surface area contributed by atoms with Crippen molar-refractivity contribution in [2.75, 3.05) is 25.6 Å². The third kappa shape index (κ3) is 4.08. The van der Waals surface area contributed by atoms with Gasteiger partial charge >= 0.3 is 0 Å². The maximum absolute atomic E-state index is 12.1. The molecule has 17 heavy (non-hydrogen) atoms. The first kappa shape index (κ1) is 14.7. The van der Waals surface area contributed by atoms with Crippen molar-refractivity contribution in [1.29, 1.82) is 0 Å². The molecule has 0 aromatic rings. The number of amides is 1. The Morgan fingerprint density at radius 3 is 2.41 bits per heavy atom. The smallest absolute Gasteiger partial charge is 0.256 e. The van der Waals surface area contributed by atoms with Crippen LogP contribution in [0.4, 0.5) is 0 Å². The zero-order chi connectivity index (χ0) is 12.8. The largest absolute Gasteiger partial charge is 0.345 e. The Morgan fingerprint density at radius 1 is 1.35 bits per heavy atom. The van der Waals surface area contributed by atoms with Crippen LogP contribution in [0.5, 0.6) is 0 Å². The second-order valence-corrected chi connectivity index (χ2v) is 6.44. The van der Waals surface area contributed by atoms with Gasteiger partial charge in [-0.2, -0.15) is 0 Å². The van der Waals surface area contributed by atoms with E-state index in [0.29, 0.717) is 11.9 Å². The van der Waals surface area contributed by atoms with Gasteiger partial charge in [0.05, 0.1) is 14.8 Å². The van der Waals surface area contributed by atoms with Gasteiger partial charge in [-0.15, -0.1) is 23.5 Å². The van der Waals surface area contributed by atoms with E-state index >= 15 is 0 Å². The normalized spacial score (nSPS) is 16.6. The summed E-state index contributed by atoms with van der Waals surface area (Å²) in [4.78, 5) is 24.0. The molecule has 0 radical (unpaired) electrons. The molecule has 1 fully saturated rings. The summed E-state index contributed by atoms with van der Waals surface area (Å²) < 4.78 is 0.915. The first-order valence-corrected chi connectivity index (χ1v) is 7.45. The van der Waals surface area contributed by atoms with Crippen molar-refractivity contribution >= 4 is 47.3 Å². The van der Waals surface area contributed by atoms with E-state index in [2.05, 4.69) is 0 Å². The van der Waals surface area contributed by atoms with Crippen molar-refractivity contribution in [3.63, 3.8) is 0 Å². The Hall–Kier alpha value is -0.390. The summed E-state index contributed by atoms with van der Waals surface area (Å²) in [7, 11) is 3.35. The molecule has 1 aliphatic rings. The fraction of sp³-hybridized carbons (Fsp3) is 0.455. The highest BCUT2D eigenvalue weighted by atomic mass is 35.5. The lowest BCUT2D eigenvalue weighted by molar-refractivity contribution is -0.124. The third-order valence-corrected chi connectivity index (χ3v) is 4.97. The van der Waals surface area contributed by atoms with Crippen molar-refractivity contribution in [3.05, 3.63) is 20.9 Å². The lowest BCUT2D eigenvalue weighted by Gasteiger charge is -2.19. The van der Waals surface area contributed by atoms with Crippen LogP contribution in [-0.2, 0) is 9.59 Å². The molecule has 1 saturated heterocycles. The number of hydrogen-bond donors (Lipinski definition) is 0. The second-order valence-electron chi connectivity index (χ2n) is 3.56. The minimum absolute atomic E-state index is 0.162. The molecule has 94 valence electrons. The number of rotatable bonds is 3. The van der Waals surface area contributed by atoms with Crippen molar-refractivity contribution in [2.45, 2.75) is 6.42 Å². The highest BCUT2D eigenvalue weighted by molar-refractivity contribution is 8.22. The minimum Gasteiger partial charge on any atom is -0.345 e. The first-order valence-electron chi connectivity index (χ1n) is 5.10. The van der Waals surface area contributed by atoms with Gasteiger partial charge < -0.3 is 4.90 Å². The van der Waals surface area contributed by atoms with Crippen LogP contribution in [0.15, 0.2) is 20.9 Å². The predicted molar refractivity (Wildman–Crippen MR) is 75.3 cm³/mol. The summed E-state index contributed by atoms with van der Waals surface area (Å²) in [6, 6.07) is 0. The second kappa shape index (κ2) is 7.13. The minimum atomic E-state index is -0.162. The maximum atomic E-state index is 12.1. The monoisotopic (exact) mass is 291 g/mol. The highest BCUT2D eigenvalue weighted by Crippen LogP contribution is 2.40. The van der Waals surface area contributed by atoms with Crippen molar-refractivity contribution in [1.82, 2.24) is 4.90 Å². The number of hydrogen-bond acceptors (Lipinski definition) is 4. The van der Waals surface area contributed by atoms with E-state index in [1.807, 2.05) is 0 Å². The fourth-order valence-corrected chi connectivity index (χ4v) is 4.21. The summed E-state index contributed by atoms with van der Waals surface area (Å²) in [5, 5.41) is 0.218. The van der Waals surface area contributed by atoms with Crippen molar-refractivity contribution in [3.8, 4) is 0 Å². The lowest BCUT2D eigenvalue weighted by Crippen LogP contribution is -2.24. The molecular formula is C11H14ClNO2S2. The van der Waals surface area contributed by atoms with Gasteiger partial charge in [-0.1, -0.05) is 11.6 Å². The highest BCUT2D eigenvalue weighted by Gasteiger charge is 2.22. The van der Waals surface area contributed by atoms with Gasteiger partial charge in [-0.05, 0) is 24.0 Å². The van der Waals surface area contributed by atoms with Gasteiger partial charge in [-0.25, -0.2) is 0 Å². The van der Waals surface area contributed by atoms with Gasteiger partial charge in [0.25, 0.3) is 5.91 Å². The Kier molecular flexibility index (Phi) is 6.16. The topological polar surface area (TPSA) is 37.4 Å². The average molecular weight is 292 g/mol. The summed E-state index contributed by atoms with van der Waals surface area (Å²) in [5.74, 6) is 1.81. The van der Waals surface area contributed by atoms with Crippen LogP contribution in [0.25, 0.3) is 0 Å². The van der Waals surface area contributed by atoms with E-state index in [0.717, 1.165) is 22.2 Å². The van der Waals surface area contributed by atoms with Crippen LogP contribution in [-0.4, -0.2) is 42.7 Å². The number of likely N-dealkylation sites (N-methyl/N-ethyl adjacent to an activating group) is 1. The molecule has 0 aromatic heterocycles. The van der Waals surface area contributed by atoms with Crippen LogP contribution in [0.1, 0.15) is 6.42 Å². The summed E-state index contributed by atoms with van der Waals surface area (Å²) >= 11 is 9.27. The van der Waals surface area contributed by atoms with E-state index in [1.54, 1.807) is 37.6 Å². The number of thioether (sulfide) groups is 2. The molecule has 0 N–H and O–H groups in total.